The van der Waals surface area contributed by atoms with E-state index in [0.717, 1.165) is 24.0 Å². The summed E-state index contributed by atoms with van der Waals surface area (Å²) in [7, 11) is 0. The molecule has 0 saturated carbocycles. The Bertz CT molecular complexity index is 470. The number of aliphatic carboxylic acids is 1. The van der Waals surface area contributed by atoms with E-state index in [1.54, 1.807) is 0 Å². The Morgan fingerprint density at radius 1 is 1.25 bits per heavy atom. The maximum Gasteiger partial charge on any atom is 0.311 e. The Balaban J connectivity index is 3.36. The minimum absolute atomic E-state index is 0.0145. The number of carbonyl (C=O) groups is 1. The van der Waals surface area contributed by atoms with Crippen LogP contribution >= 0.6 is 0 Å². The normalized spacial score (nSPS) is 13.5. The molecule has 3 N–H and O–H groups in total. The van der Waals surface area contributed by atoms with Gasteiger partial charge in [-0.05, 0) is 28.5 Å². The number of anilines is 1. The van der Waals surface area contributed by atoms with Crippen molar-refractivity contribution in [2.45, 2.75) is 58.8 Å². The molecule has 3 nitrogen and oxygen atoms in total. The maximum atomic E-state index is 11.7. The lowest BCUT2D eigenvalue weighted by Crippen LogP contribution is -2.23. The third-order valence-electron chi connectivity index (χ3n) is 4.07. The quantitative estimate of drug-likeness (QED) is 0.794. The summed E-state index contributed by atoms with van der Waals surface area (Å²) in [4.78, 5) is 11.7. The third-order valence-corrected chi connectivity index (χ3v) is 4.07. The third kappa shape index (κ3) is 3.53. The molecule has 0 aliphatic rings. The number of carboxylic acids is 1. The molecule has 20 heavy (non-hydrogen) atoms. The molecular weight excluding hydrogens is 250 g/mol. The van der Waals surface area contributed by atoms with Crippen molar-refractivity contribution in [1.29, 1.82) is 0 Å². The summed E-state index contributed by atoms with van der Waals surface area (Å²) in [6.07, 6.45) is 1.68. The van der Waals surface area contributed by atoms with Gasteiger partial charge >= 0.3 is 5.97 Å². The fourth-order valence-electron chi connectivity index (χ4n) is 2.66. The van der Waals surface area contributed by atoms with Crippen molar-refractivity contribution < 1.29 is 9.90 Å². The molecule has 1 unspecified atom stereocenters. The SMILES string of the molecule is CCC(CC)C(C(=O)O)c1cc(C(C)(C)C)ccc1N. The van der Waals surface area contributed by atoms with Crippen LogP contribution in [0.3, 0.4) is 0 Å². The Morgan fingerprint density at radius 2 is 1.80 bits per heavy atom. The maximum absolute atomic E-state index is 11.7. The predicted molar refractivity (Wildman–Crippen MR) is 84.0 cm³/mol. The molecule has 0 saturated heterocycles. The lowest BCUT2D eigenvalue weighted by Gasteiger charge is -2.26. The van der Waals surface area contributed by atoms with Gasteiger partial charge in [-0.25, -0.2) is 0 Å². The Kier molecular flexibility index (Phi) is 5.21. The van der Waals surface area contributed by atoms with Gasteiger partial charge < -0.3 is 10.8 Å². The minimum atomic E-state index is -0.781. The van der Waals surface area contributed by atoms with Crippen LogP contribution in [0, 0.1) is 5.92 Å². The van der Waals surface area contributed by atoms with E-state index in [4.69, 9.17) is 5.73 Å². The van der Waals surface area contributed by atoms with Gasteiger partial charge in [0, 0.05) is 5.69 Å². The number of nitrogen functional groups attached to an aromatic ring is 1. The van der Waals surface area contributed by atoms with Crippen molar-refractivity contribution in [1.82, 2.24) is 0 Å². The summed E-state index contributed by atoms with van der Waals surface area (Å²) >= 11 is 0. The Labute approximate surface area is 122 Å². The molecule has 0 spiro atoms. The highest BCUT2D eigenvalue weighted by Crippen LogP contribution is 2.36. The molecule has 0 heterocycles. The second-order valence-corrected chi connectivity index (χ2v) is 6.49. The van der Waals surface area contributed by atoms with Crippen LogP contribution in [0.5, 0.6) is 0 Å². The van der Waals surface area contributed by atoms with E-state index in [0.29, 0.717) is 5.69 Å². The molecule has 112 valence electrons. The van der Waals surface area contributed by atoms with Crippen LogP contribution in [0.15, 0.2) is 18.2 Å². The molecule has 0 aromatic heterocycles. The first-order valence-corrected chi connectivity index (χ1v) is 7.35. The number of rotatable bonds is 5. The van der Waals surface area contributed by atoms with Gasteiger partial charge in [0.15, 0.2) is 0 Å². The molecular formula is C17H27NO2. The predicted octanol–water partition coefficient (Wildman–Crippen LogP) is 4.17. The van der Waals surface area contributed by atoms with Crippen LogP contribution < -0.4 is 5.73 Å². The molecule has 0 bridgehead atoms. The monoisotopic (exact) mass is 277 g/mol. The summed E-state index contributed by atoms with van der Waals surface area (Å²) in [6.45, 7) is 10.4. The number of benzene rings is 1. The molecule has 0 radical (unpaired) electrons. The van der Waals surface area contributed by atoms with Gasteiger partial charge in [-0.2, -0.15) is 0 Å². The molecule has 3 heteroatoms. The first-order valence-electron chi connectivity index (χ1n) is 7.35. The van der Waals surface area contributed by atoms with Gasteiger partial charge in [-0.15, -0.1) is 0 Å². The van der Waals surface area contributed by atoms with E-state index in [9.17, 15) is 9.90 Å². The molecule has 1 rings (SSSR count). The summed E-state index contributed by atoms with van der Waals surface area (Å²) in [5, 5.41) is 9.62. The van der Waals surface area contributed by atoms with Gasteiger partial charge in [0.25, 0.3) is 0 Å². The van der Waals surface area contributed by atoms with Gasteiger partial charge in [0.2, 0.25) is 0 Å². The fraction of sp³-hybridized carbons (Fsp3) is 0.588. The van der Waals surface area contributed by atoms with Crippen molar-refractivity contribution in [3.8, 4) is 0 Å². The van der Waals surface area contributed by atoms with Crippen molar-refractivity contribution >= 4 is 11.7 Å². The topological polar surface area (TPSA) is 63.3 Å². The number of carboxylic acid groups (broad SMARTS) is 1. The molecule has 0 aliphatic carbocycles. The second-order valence-electron chi connectivity index (χ2n) is 6.49. The van der Waals surface area contributed by atoms with E-state index in [-0.39, 0.29) is 11.3 Å². The number of hydrogen-bond donors (Lipinski definition) is 2. The zero-order valence-corrected chi connectivity index (χ0v) is 13.2. The zero-order valence-electron chi connectivity index (χ0n) is 13.2. The molecule has 0 fully saturated rings. The zero-order chi connectivity index (χ0) is 15.5. The average Bonchev–Trinajstić information content (AvgIpc) is 2.35. The van der Waals surface area contributed by atoms with Crippen molar-refractivity contribution in [2.24, 2.45) is 5.92 Å². The molecule has 1 aromatic carbocycles. The van der Waals surface area contributed by atoms with E-state index in [2.05, 4.69) is 20.8 Å². The highest BCUT2D eigenvalue weighted by Gasteiger charge is 2.30. The van der Waals surface area contributed by atoms with Crippen LogP contribution in [-0.2, 0) is 10.2 Å². The highest BCUT2D eigenvalue weighted by molar-refractivity contribution is 5.79. The lowest BCUT2D eigenvalue weighted by molar-refractivity contribution is -0.140. The van der Waals surface area contributed by atoms with Crippen LogP contribution in [0.4, 0.5) is 5.69 Å². The van der Waals surface area contributed by atoms with Gasteiger partial charge in [-0.1, -0.05) is 59.6 Å². The minimum Gasteiger partial charge on any atom is -0.481 e. The summed E-state index contributed by atoms with van der Waals surface area (Å²) < 4.78 is 0. The van der Waals surface area contributed by atoms with Gasteiger partial charge in [0.1, 0.15) is 0 Å². The largest absolute Gasteiger partial charge is 0.481 e. The van der Waals surface area contributed by atoms with Crippen molar-refractivity contribution in [3.05, 3.63) is 29.3 Å². The van der Waals surface area contributed by atoms with Gasteiger partial charge in [-0.3, -0.25) is 4.79 Å². The van der Waals surface area contributed by atoms with Crippen molar-refractivity contribution in [3.63, 3.8) is 0 Å². The molecule has 0 amide bonds. The average molecular weight is 277 g/mol. The fourth-order valence-corrected chi connectivity index (χ4v) is 2.66. The van der Waals surface area contributed by atoms with E-state index in [1.165, 1.54) is 0 Å². The Hall–Kier alpha value is -1.51. The first-order chi connectivity index (χ1) is 9.22. The van der Waals surface area contributed by atoms with Crippen LogP contribution in [-0.4, -0.2) is 11.1 Å². The summed E-state index contributed by atoms with van der Waals surface area (Å²) in [5.74, 6) is -1.19. The van der Waals surface area contributed by atoms with E-state index in [1.807, 2.05) is 32.0 Å². The number of nitrogens with two attached hydrogens (primary N) is 1. The van der Waals surface area contributed by atoms with Crippen LogP contribution in [0.25, 0.3) is 0 Å². The first kappa shape index (κ1) is 16.5. The molecule has 1 aromatic rings. The smallest absolute Gasteiger partial charge is 0.311 e. The Morgan fingerprint density at radius 3 is 2.20 bits per heavy atom. The highest BCUT2D eigenvalue weighted by atomic mass is 16.4. The second kappa shape index (κ2) is 6.29. The summed E-state index contributed by atoms with van der Waals surface area (Å²) in [5.41, 5.74) is 8.51. The number of hydrogen-bond acceptors (Lipinski definition) is 2. The van der Waals surface area contributed by atoms with E-state index < -0.39 is 11.9 Å². The van der Waals surface area contributed by atoms with Gasteiger partial charge in [0.05, 0.1) is 5.92 Å². The van der Waals surface area contributed by atoms with Crippen molar-refractivity contribution in [2.75, 3.05) is 5.73 Å². The van der Waals surface area contributed by atoms with E-state index >= 15 is 0 Å². The van der Waals surface area contributed by atoms with Crippen LogP contribution in [0.1, 0.15) is 64.5 Å². The van der Waals surface area contributed by atoms with Crippen LogP contribution in [0.2, 0.25) is 0 Å². The lowest BCUT2D eigenvalue weighted by atomic mass is 9.78. The molecule has 1 atom stereocenters. The standard InChI is InChI=1S/C17H27NO2/c1-6-11(7-2)15(16(19)20)13-10-12(17(3,4)5)8-9-14(13)18/h8-11,15H,6-7,18H2,1-5H3,(H,19,20). The molecule has 0 aliphatic heterocycles. The summed E-state index contributed by atoms with van der Waals surface area (Å²) in [6, 6.07) is 5.81.